The van der Waals surface area contributed by atoms with Gasteiger partial charge in [-0.2, -0.15) is 0 Å². The molecule has 9 heteroatoms. The molecule has 0 saturated heterocycles. The van der Waals surface area contributed by atoms with E-state index < -0.39 is 16.1 Å². The van der Waals surface area contributed by atoms with Crippen LogP contribution in [-0.4, -0.2) is 50.0 Å². The molecule has 1 N–H and O–H groups in total. The van der Waals surface area contributed by atoms with Crippen LogP contribution in [0.15, 0.2) is 72.8 Å². The minimum atomic E-state index is -3.58. The monoisotopic (exact) mass is 611 g/mol. The summed E-state index contributed by atoms with van der Waals surface area (Å²) in [6.45, 7) is 8.14. The maximum absolute atomic E-state index is 13.9. The molecule has 0 aromatic heterocycles. The van der Waals surface area contributed by atoms with Gasteiger partial charge in [0.1, 0.15) is 6.04 Å². The van der Waals surface area contributed by atoms with Gasteiger partial charge in [-0.3, -0.25) is 13.9 Å². The summed E-state index contributed by atoms with van der Waals surface area (Å²) in [7, 11) is -3.58. The van der Waals surface area contributed by atoms with Crippen LogP contribution >= 0.6 is 11.6 Å². The minimum absolute atomic E-state index is 0.0515. The van der Waals surface area contributed by atoms with Crippen LogP contribution in [0.25, 0.3) is 0 Å². The van der Waals surface area contributed by atoms with E-state index in [1.165, 1.54) is 10.6 Å². The summed E-state index contributed by atoms with van der Waals surface area (Å²) in [4.78, 5) is 29.2. The molecule has 0 fully saturated rings. The molecule has 2 unspecified atom stereocenters. The van der Waals surface area contributed by atoms with Crippen molar-refractivity contribution in [2.75, 3.05) is 17.1 Å². The van der Waals surface area contributed by atoms with Crippen molar-refractivity contribution in [3.05, 3.63) is 100 Å². The quantitative estimate of drug-likeness (QED) is 0.240. The lowest BCUT2D eigenvalue weighted by Gasteiger charge is -2.32. The predicted octanol–water partition coefficient (Wildman–Crippen LogP) is 6.06. The van der Waals surface area contributed by atoms with E-state index in [0.717, 1.165) is 28.7 Å². The Bertz CT molecular complexity index is 1430. The van der Waals surface area contributed by atoms with E-state index in [1.807, 2.05) is 88.4 Å². The highest BCUT2D eigenvalue weighted by Gasteiger charge is 2.31. The normalized spacial score (nSPS) is 12.8. The lowest BCUT2D eigenvalue weighted by atomic mass is 10.0. The molecule has 0 bridgehead atoms. The molecule has 3 rings (SSSR count). The number of amides is 2. The van der Waals surface area contributed by atoms with E-state index in [4.69, 9.17) is 11.6 Å². The van der Waals surface area contributed by atoms with Crippen molar-refractivity contribution in [1.29, 1.82) is 0 Å². The van der Waals surface area contributed by atoms with Crippen LogP contribution in [0.2, 0.25) is 5.02 Å². The zero-order valence-electron chi connectivity index (χ0n) is 25.1. The average molecular weight is 612 g/mol. The van der Waals surface area contributed by atoms with Crippen molar-refractivity contribution >= 4 is 39.1 Å². The number of nitrogens with one attached hydrogen (secondary N) is 1. The molecule has 0 saturated carbocycles. The molecule has 2 amide bonds. The van der Waals surface area contributed by atoms with Gasteiger partial charge in [0.2, 0.25) is 21.8 Å². The molecule has 3 aromatic rings. The number of anilines is 1. The first-order valence-electron chi connectivity index (χ1n) is 14.3. The Labute approximate surface area is 255 Å². The van der Waals surface area contributed by atoms with Crippen LogP contribution in [0.5, 0.6) is 0 Å². The van der Waals surface area contributed by atoms with Crippen molar-refractivity contribution in [3.63, 3.8) is 0 Å². The van der Waals surface area contributed by atoms with Gasteiger partial charge >= 0.3 is 0 Å². The Hall–Kier alpha value is -3.36. The number of hydrogen-bond donors (Lipinski definition) is 1. The van der Waals surface area contributed by atoms with Gasteiger partial charge in [-0.15, -0.1) is 0 Å². The third-order valence-corrected chi connectivity index (χ3v) is 8.63. The minimum Gasteiger partial charge on any atom is -0.352 e. The number of benzene rings is 3. The molecule has 42 heavy (non-hydrogen) atoms. The van der Waals surface area contributed by atoms with Gasteiger partial charge < -0.3 is 10.2 Å². The zero-order chi connectivity index (χ0) is 30.9. The van der Waals surface area contributed by atoms with E-state index in [-0.39, 0.29) is 37.4 Å². The molecule has 226 valence electrons. The van der Waals surface area contributed by atoms with E-state index >= 15 is 0 Å². The van der Waals surface area contributed by atoms with Crippen LogP contribution < -0.4 is 9.62 Å². The third kappa shape index (κ3) is 9.88. The van der Waals surface area contributed by atoms with Gasteiger partial charge in [0, 0.05) is 37.0 Å². The number of carbonyl (C=O) groups is 2. The van der Waals surface area contributed by atoms with Crippen LogP contribution in [-0.2, 0) is 32.6 Å². The smallest absolute Gasteiger partial charge is 0.243 e. The maximum Gasteiger partial charge on any atom is 0.243 e. The summed E-state index contributed by atoms with van der Waals surface area (Å²) in [6.07, 6.45) is 2.65. The lowest BCUT2D eigenvalue weighted by molar-refractivity contribution is -0.141. The number of carbonyl (C=O) groups excluding carboxylic acids is 2. The van der Waals surface area contributed by atoms with Gasteiger partial charge in [-0.25, -0.2) is 8.42 Å². The van der Waals surface area contributed by atoms with Crippen molar-refractivity contribution in [2.45, 2.75) is 72.0 Å². The number of hydrogen-bond acceptors (Lipinski definition) is 4. The topological polar surface area (TPSA) is 86.8 Å². The summed E-state index contributed by atoms with van der Waals surface area (Å²) in [6, 6.07) is 21.7. The highest BCUT2D eigenvalue weighted by Crippen LogP contribution is 2.23. The lowest BCUT2D eigenvalue weighted by Crippen LogP contribution is -2.52. The van der Waals surface area contributed by atoms with E-state index in [2.05, 4.69) is 5.32 Å². The Morgan fingerprint density at radius 2 is 1.55 bits per heavy atom. The number of aryl methyl sites for hydroxylation is 2. The summed E-state index contributed by atoms with van der Waals surface area (Å²) in [5.74, 6) is -0.442. The first-order valence-corrected chi connectivity index (χ1v) is 16.5. The van der Waals surface area contributed by atoms with Gasteiger partial charge in [0.15, 0.2) is 0 Å². The molecule has 0 spiro atoms. The van der Waals surface area contributed by atoms with E-state index in [9.17, 15) is 18.0 Å². The average Bonchev–Trinajstić information content (AvgIpc) is 2.93. The first kappa shape index (κ1) is 33.1. The van der Waals surface area contributed by atoms with Crippen molar-refractivity contribution in [2.24, 2.45) is 0 Å². The molecule has 2 atom stereocenters. The molecule has 3 aromatic carbocycles. The molecule has 0 heterocycles. The second kappa shape index (κ2) is 15.2. The maximum atomic E-state index is 13.9. The fourth-order valence-electron chi connectivity index (χ4n) is 4.88. The van der Waals surface area contributed by atoms with E-state index in [1.54, 1.807) is 17.0 Å². The Morgan fingerprint density at radius 3 is 2.12 bits per heavy atom. The zero-order valence-corrected chi connectivity index (χ0v) is 26.7. The summed E-state index contributed by atoms with van der Waals surface area (Å²) in [5, 5.41) is 3.65. The molecule has 0 aliphatic rings. The Balaban J connectivity index is 1.90. The molecule has 0 aliphatic heterocycles. The largest absolute Gasteiger partial charge is 0.352 e. The number of sulfonamides is 1. The van der Waals surface area contributed by atoms with Crippen LogP contribution in [0, 0.1) is 13.8 Å². The van der Waals surface area contributed by atoms with Gasteiger partial charge in [0.25, 0.3) is 0 Å². The number of rotatable bonds is 14. The number of halogens is 1. The second-order valence-corrected chi connectivity index (χ2v) is 13.3. The van der Waals surface area contributed by atoms with Gasteiger partial charge in [0.05, 0.1) is 11.9 Å². The molecule has 7 nitrogen and oxygen atoms in total. The molecular formula is C33H42ClN3O4S. The Kier molecular flexibility index (Phi) is 12.0. The van der Waals surface area contributed by atoms with Gasteiger partial charge in [-0.05, 0) is 80.1 Å². The predicted molar refractivity (Wildman–Crippen MR) is 171 cm³/mol. The van der Waals surface area contributed by atoms with Crippen LogP contribution in [0.4, 0.5) is 5.69 Å². The second-order valence-electron chi connectivity index (χ2n) is 11.0. The van der Waals surface area contributed by atoms with Crippen molar-refractivity contribution < 1.29 is 18.0 Å². The molecular weight excluding hydrogens is 570 g/mol. The van der Waals surface area contributed by atoms with E-state index in [0.29, 0.717) is 23.6 Å². The summed E-state index contributed by atoms with van der Waals surface area (Å²) in [5.41, 5.74) is 4.28. The number of nitrogens with zero attached hydrogens (tertiary/aromatic N) is 2. The highest BCUT2D eigenvalue weighted by molar-refractivity contribution is 7.92. The first-order chi connectivity index (χ1) is 19.9. The summed E-state index contributed by atoms with van der Waals surface area (Å²) < 4.78 is 26.8. The SMILES string of the molecule is CCC(C)NC(=O)C(Cc1ccccc1)N(Cc1ccc(Cl)cc1)C(=O)CCCN(c1cc(C)cc(C)c1)S(C)(=O)=O. The standard InChI is InChI=1S/C33H42ClN3O4S/c1-6-26(4)35-33(39)31(22-27-11-8-7-9-12-27)36(23-28-14-16-29(34)17-15-28)32(38)13-10-18-37(42(5,40)41)30-20-24(2)19-25(3)21-30/h7-9,11-12,14-17,19-21,26,31H,6,10,13,18,22-23H2,1-5H3,(H,35,39). The van der Waals surface area contributed by atoms with Crippen molar-refractivity contribution in [3.8, 4) is 0 Å². The molecule has 0 radical (unpaired) electrons. The van der Waals surface area contributed by atoms with Crippen LogP contribution in [0.1, 0.15) is 55.4 Å². The highest BCUT2D eigenvalue weighted by atomic mass is 35.5. The third-order valence-electron chi connectivity index (χ3n) is 7.18. The Morgan fingerprint density at radius 1 is 0.929 bits per heavy atom. The van der Waals surface area contributed by atoms with Crippen molar-refractivity contribution in [1.82, 2.24) is 10.2 Å². The summed E-state index contributed by atoms with van der Waals surface area (Å²) >= 11 is 6.11. The fraction of sp³-hybridized carbons (Fsp3) is 0.394. The van der Waals surface area contributed by atoms with Gasteiger partial charge in [-0.1, -0.05) is 67.1 Å². The van der Waals surface area contributed by atoms with Crippen LogP contribution in [0.3, 0.4) is 0 Å². The molecule has 0 aliphatic carbocycles. The fourth-order valence-corrected chi connectivity index (χ4v) is 5.96.